The predicted octanol–water partition coefficient (Wildman–Crippen LogP) is 4.23. The van der Waals surface area contributed by atoms with Gasteiger partial charge in [-0.3, -0.25) is 4.79 Å². The summed E-state index contributed by atoms with van der Waals surface area (Å²) < 4.78 is 10.5. The van der Waals surface area contributed by atoms with Gasteiger partial charge in [0, 0.05) is 11.3 Å². The van der Waals surface area contributed by atoms with E-state index in [1.54, 1.807) is 18.4 Å². The zero-order valence-electron chi connectivity index (χ0n) is 16.6. The molecule has 0 saturated heterocycles. The lowest BCUT2D eigenvalue weighted by atomic mass is 10.1. The van der Waals surface area contributed by atoms with Crippen LogP contribution in [0.25, 0.3) is 10.2 Å². The fraction of sp³-hybridized carbons (Fsp3) is 0.409. The van der Waals surface area contributed by atoms with Crippen LogP contribution in [0.5, 0.6) is 5.75 Å². The SMILES string of the molecule is COc1ccc(CCC(=O)OCc2nc(N)c3c4c(sc3n2)CCCCC4)cc1. The van der Waals surface area contributed by atoms with E-state index in [-0.39, 0.29) is 12.6 Å². The van der Waals surface area contributed by atoms with Crippen LogP contribution < -0.4 is 10.5 Å². The molecule has 0 saturated carbocycles. The molecule has 4 rings (SSSR count). The van der Waals surface area contributed by atoms with Gasteiger partial charge in [0.2, 0.25) is 0 Å². The molecule has 2 aromatic heterocycles. The molecule has 2 heterocycles. The molecule has 0 amide bonds. The Morgan fingerprint density at radius 1 is 1.14 bits per heavy atom. The van der Waals surface area contributed by atoms with Gasteiger partial charge >= 0.3 is 5.97 Å². The van der Waals surface area contributed by atoms with Crippen molar-refractivity contribution in [3.8, 4) is 5.75 Å². The lowest BCUT2D eigenvalue weighted by Gasteiger charge is -2.07. The molecule has 152 valence electrons. The van der Waals surface area contributed by atoms with Crippen LogP contribution in [0.15, 0.2) is 24.3 Å². The van der Waals surface area contributed by atoms with Crippen molar-refractivity contribution < 1.29 is 14.3 Å². The maximum Gasteiger partial charge on any atom is 0.306 e. The summed E-state index contributed by atoms with van der Waals surface area (Å²) in [6.07, 6.45) is 6.71. The van der Waals surface area contributed by atoms with Gasteiger partial charge in [-0.1, -0.05) is 18.6 Å². The van der Waals surface area contributed by atoms with Crippen molar-refractivity contribution in [3.05, 3.63) is 46.1 Å². The lowest BCUT2D eigenvalue weighted by molar-refractivity contribution is -0.145. The van der Waals surface area contributed by atoms with Gasteiger partial charge in [-0.2, -0.15) is 0 Å². The van der Waals surface area contributed by atoms with Crippen molar-refractivity contribution in [2.24, 2.45) is 0 Å². The topological polar surface area (TPSA) is 87.3 Å². The van der Waals surface area contributed by atoms with E-state index in [4.69, 9.17) is 15.2 Å². The normalized spacial score (nSPS) is 13.7. The van der Waals surface area contributed by atoms with Crippen LogP contribution >= 0.6 is 11.3 Å². The van der Waals surface area contributed by atoms with Crippen LogP contribution in [-0.2, 0) is 35.4 Å². The average Bonchev–Trinajstić information content (AvgIpc) is 2.93. The van der Waals surface area contributed by atoms with Crippen molar-refractivity contribution in [1.82, 2.24) is 9.97 Å². The minimum absolute atomic E-state index is 0.0458. The first-order valence-electron chi connectivity index (χ1n) is 9.99. The Morgan fingerprint density at radius 2 is 1.93 bits per heavy atom. The van der Waals surface area contributed by atoms with Crippen LogP contribution in [-0.4, -0.2) is 23.0 Å². The number of ether oxygens (including phenoxy) is 2. The third kappa shape index (κ3) is 4.50. The van der Waals surface area contributed by atoms with Gasteiger partial charge in [0.25, 0.3) is 0 Å². The summed E-state index contributed by atoms with van der Waals surface area (Å²) in [6, 6.07) is 7.67. The maximum atomic E-state index is 12.1. The van der Waals surface area contributed by atoms with Crippen LogP contribution in [0.1, 0.15) is 47.5 Å². The molecule has 6 nitrogen and oxygen atoms in total. The van der Waals surface area contributed by atoms with E-state index in [0.717, 1.165) is 34.4 Å². The Bertz CT molecular complexity index is 1010. The van der Waals surface area contributed by atoms with Gasteiger partial charge < -0.3 is 15.2 Å². The van der Waals surface area contributed by atoms with E-state index in [9.17, 15) is 4.79 Å². The number of hydrogen-bond acceptors (Lipinski definition) is 7. The molecule has 0 fully saturated rings. The molecule has 1 aromatic carbocycles. The smallest absolute Gasteiger partial charge is 0.306 e. The van der Waals surface area contributed by atoms with Gasteiger partial charge in [-0.15, -0.1) is 11.3 Å². The highest BCUT2D eigenvalue weighted by molar-refractivity contribution is 7.19. The summed E-state index contributed by atoms with van der Waals surface area (Å²) in [6.45, 7) is 0.0458. The standard InChI is InChI=1S/C22H25N3O3S/c1-27-15-10-7-14(8-11-15)9-12-19(26)28-13-18-24-21(23)20-16-5-3-2-4-6-17(16)29-22(20)25-18/h7-8,10-11H,2-6,9,12-13H2,1H3,(H2,23,24,25). The number of methoxy groups -OCH3 is 1. The molecule has 0 aliphatic heterocycles. The minimum Gasteiger partial charge on any atom is -0.497 e. The molecule has 0 spiro atoms. The van der Waals surface area contributed by atoms with Gasteiger partial charge in [0.1, 0.15) is 16.4 Å². The van der Waals surface area contributed by atoms with Crippen molar-refractivity contribution in [1.29, 1.82) is 0 Å². The molecule has 0 atom stereocenters. The van der Waals surface area contributed by atoms with Crippen LogP contribution in [0.3, 0.4) is 0 Å². The summed E-state index contributed by atoms with van der Waals surface area (Å²) >= 11 is 1.70. The molecule has 29 heavy (non-hydrogen) atoms. The lowest BCUT2D eigenvalue weighted by Crippen LogP contribution is -2.09. The monoisotopic (exact) mass is 411 g/mol. The highest BCUT2D eigenvalue weighted by Gasteiger charge is 2.19. The van der Waals surface area contributed by atoms with Gasteiger partial charge in [0.05, 0.1) is 12.5 Å². The Morgan fingerprint density at radius 3 is 2.72 bits per heavy atom. The Balaban J connectivity index is 1.38. The number of anilines is 1. The Kier molecular flexibility index (Phi) is 5.94. The highest BCUT2D eigenvalue weighted by atomic mass is 32.1. The number of nitrogens with zero attached hydrogens (tertiary/aromatic N) is 2. The third-order valence-corrected chi connectivity index (χ3v) is 6.46. The predicted molar refractivity (Wildman–Crippen MR) is 114 cm³/mol. The summed E-state index contributed by atoms with van der Waals surface area (Å²) in [5.41, 5.74) is 8.63. The van der Waals surface area contributed by atoms with E-state index < -0.39 is 0 Å². The van der Waals surface area contributed by atoms with Gasteiger partial charge in [-0.25, -0.2) is 9.97 Å². The Hall–Kier alpha value is -2.67. The molecular weight excluding hydrogens is 386 g/mol. The number of hydrogen-bond donors (Lipinski definition) is 1. The van der Waals surface area contributed by atoms with Crippen LogP contribution in [0.4, 0.5) is 5.82 Å². The summed E-state index contributed by atoms with van der Waals surface area (Å²) in [4.78, 5) is 23.4. The first-order chi connectivity index (χ1) is 14.1. The molecule has 2 N–H and O–H groups in total. The number of carbonyl (C=O) groups is 1. The molecule has 0 radical (unpaired) electrons. The number of carbonyl (C=O) groups excluding carboxylic acids is 1. The molecular formula is C22H25N3O3S. The van der Waals surface area contributed by atoms with E-state index in [1.165, 1.54) is 29.7 Å². The van der Waals surface area contributed by atoms with Crippen LogP contribution in [0.2, 0.25) is 0 Å². The van der Waals surface area contributed by atoms with Gasteiger partial charge in [0.15, 0.2) is 12.4 Å². The largest absolute Gasteiger partial charge is 0.497 e. The maximum absolute atomic E-state index is 12.1. The van der Waals surface area contributed by atoms with Crippen LogP contribution in [0, 0.1) is 0 Å². The Labute approximate surface area is 174 Å². The summed E-state index contributed by atoms with van der Waals surface area (Å²) in [5.74, 6) is 1.49. The number of fused-ring (bicyclic) bond motifs is 3. The van der Waals surface area contributed by atoms with Crippen molar-refractivity contribution >= 4 is 33.3 Å². The molecule has 3 aromatic rings. The second kappa shape index (κ2) is 8.78. The molecule has 7 heteroatoms. The van der Waals surface area contributed by atoms with E-state index in [1.807, 2.05) is 24.3 Å². The van der Waals surface area contributed by atoms with E-state index in [0.29, 0.717) is 24.5 Å². The quantitative estimate of drug-likeness (QED) is 0.482. The zero-order chi connectivity index (χ0) is 20.2. The minimum atomic E-state index is -0.273. The number of nitrogens with two attached hydrogens (primary N) is 1. The number of benzene rings is 1. The first-order valence-corrected chi connectivity index (χ1v) is 10.8. The van der Waals surface area contributed by atoms with Crippen molar-refractivity contribution in [2.75, 3.05) is 12.8 Å². The third-order valence-electron chi connectivity index (χ3n) is 5.28. The second-order valence-electron chi connectivity index (χ2n) is 7.28. The number of rotatable bonds is 6. The van der Waals surface area contributed by atoms with Gasteiger partial charge in [-0.05, 0) is 55.4 Å². The average molecular weight is 412 g/mol. The number of aryl methyl sites for hydroxylation is 3. The van der Waals surface area contributed by atoms with Crippen molar-refractivity contribution in [2.45, 2.75) is 51.6 Å². The molecule has 1 aliphatic rings. The van der Waals surface area contributed by atoms with E-state index in [2.05, 4.69) is 9.97 Å². The molecule has 1 aliphatic carbocycles. The number of thiophene rings is 1. The summed E-state index contributed by atoms with van der Waals surface area (Å²) in [5, 5.41) is 1.00. The van der Waals surface area contributed by atoms with E-state index >= 15 is 0 Å². The zero-order valence-corrected chi connectivity index (χ0v) is 17.4. The number of aromatic nitrogens is 2. The summed E-state index contributed by atoms with van der Waals surface area (Å²) in [7, 11) is 1.63. The second-order valence-corrected chi connectivity index (χ2v) is 8.36. The fourth-order valence-corrected chi connectivity index (χ4v) is 5.02. The fourth-order valence-electron chi connectivity index (χ4n) is 3.73. The number of nitrogen functional groups attached to an aromatic ring is 1. The molecule has 0 unspecified atom stereocenters. The first kappa shape index (κ1) is 19.6. The molecule has 0 bridgehead atoms. The number of esters is 1. The highest BCUT2D eigenvalue weighted by Crippen LogP contribution is 2.37. The van der Waals surface area contributed by atoms with Crippen molar-refractivity contribution in [3.63, 3.8) is 0 Å².